The Labute approximate surface area is 155 Å². The van der Waals surface area contributed by atoms with Gasteiger partial charge >= 0.3 is 0 Å². The molecule has 0 amide bonds. The molecule has 0 N–H and O–H groups in total. The van der Waals surface area contributed by atoms with Crippen LogP contribution in [-0.2, 0) is 9.84 Å². The van der Waals surface area contributed by atoms with Crippen molar-refractivity contribution in [2.24, 2.45) is 0 Å². The first-order chi connectivity index (χ1) is 13.1. The fourth-order valence-electron chi connectivity index (χ4n) is 2.99. The number of nitrogens with zero attached hydrogens (tertiary/aromatic N) is 1. The Morgan fingerprint density at radius 3 is 2.30 bits per heavy atom. The molecule has 134 valence electrons. The van der Waals surface area contributed by atoms with Crippen LogP contribution in [0.25, 0.3) is 22.2 Å². The Balaban J connectivity index is 1.99. The Morgan fingerprint density at radius 1 is 0.778 bits per heavy atom. The maximum absolute atomic E-state index is 13.2. The lowest BCUT2D eigenvalue weighted by Gasteiger charge is -2.13. The molecule has 4 nitrogen and oxygen atoms in total. The van der Waals surface area contributed by atoms with Crippen LogP contribution < -0.4 is 4.94 Å². The summed E-state index contributed by atoms with van der Waals surface area (Å²) in [5.41, 5.74) is 1.41. The topological polar surface area (TPSA) is 56.3 Å². The van der Waals surface area contributed by atoms with Gasteiger partial charge in [0.15, 0.2) is 5.75 Å². The molecule has 4 aromatic rings. The summed E-state index contributed by atoms with van der Waals surface area (Å²) in [7, 11) is -4.02. The van der Waals surface area contributed by atoms with E-state index in [2.05, 4.69) is 9.93 Å². The lowest BCUT2D eigenvalue weighted by atomic mass is 10.1. The molecule has 0 fully saturated rings. The monoisotopic (exact) mass is 379 g/mol. The number of pyridine rings is 1. The number of hydrogen-bond acceptors (Lipinski definition) is 4. The number of rotatable bonds is 4. The number of fused-ring (bicyclic) bond motifs is 1. The summed E-state index contributed by atoms with van der Waals surface area (Å²) in [6.45, 7) is 0. The molecule has 6 heteroatoms. The maximum atomic E-state index is 13.2. The SMILES string of the molecule is O=S(=O)(c1ccccc1)c1c(OF)cccc1-c1ccc2ccccc2n1. The molecule has 0 aliphatic heterocycles. The summed E-state index contributed by atoms with van der Waals surface area (Å²) in [5, 5.41) is 0.923. The first kappa shape index (κ1) is 17.2. The minimum Gasteiger partial charge on any atom is -0.293 e. The minimum atomic E-state index is -4.02. The van der Waals surface area contributed by atoms with Gasteiger partial charge in [-0.2, -0.15) is 0 Å². The molecular weight excluding hydrogens is 365 g/mol. The second-order valence-electron chi connectivity index (χ2n) is 5.92. The van der Waals surface area contributed by atoms with E-state index in [1.807, 2.05) is 30.3 Å². The van der Waals surface area contributed by atoms with Gasteiger partial charge in [0.1, 0.15) is 4.90 Å². The zero-order valence-electron chi connectivity index (χ0n) is 14.0. The smallest absolute Gasteiger partial charge is 0.211 e. The number of benzene rings is 3. The quantitative estimate of drug-likeness (QED) is 0.501. The first-order valence-electron chi connectivity index (χ1n) is 8.19. The van der Waals surface area contributed by atoms with Crippen LogP contribution in [0.1, 0.15) is 0 Å². The summed E-state index contributed by atoms with van der Waals surface area (Å²) in [6, 6.07) is 23.3. The van der Waals surface area contributed by atoms with Crippen LogP contribution in [0.2, 0.25) is 0 Å². The van der Waals surface area contributed by atoms with Gasteiger partial charge in [0.25, 0.3) is 0 Å². The van der Waals surface area contributed by atoms with E-state index in [0.29, 0.717) is 11.2 Å². The van der Waals surface area contributed by atoms with Crippen LogP contribution in [0.15, 0.2) is 94.7 Å². The Bertz CT molecular complexity index is 1220. The van der Waals surface area contributed by atoms with E-state index in [1.165, 1.54) is 24.3 Å². The zero-order chi connectivity index (χ0) is 18.9. The largest absolute Gasteiger partial charge is 0.293 e. The van der Waals surface area contributed by atoms with Gasteiger partial charge in [0.05, 0.1) is 16.1 Å². The van der Waals surface area contributed by atoms with E-state index in [9.17, 15) is 12.9 Å². The van der Waals surface area contributed by atoms with Gasteiger partial charge in [-0.25, -0.2) is 13.4 Å². The van der Waals surface area contributed by atoms with Crippen LogP contribution in [0.4, 0.5) is 4.53 Å². The van der Waals surface area contributed by atoms with E-state index >= 15 is 0 Å². The van der Waals surface area contributed by atoms with Gasteiger partial charge in [-0.05, 0) is 30.3 Å². The van der Waals surface area contributed by atoms with Crippen LogP contribution in [0.3, 0.4) is 0 Å². The van der Waals surface area contributed by atoms with E-state index < -0.39 is 9.84 Å². The Hall–Kier alpha value is -3.25. The number of aromatic nitrogens is 1. The Kier molecular flexibility index (Phi) is 4.33. The molecule has 0 unspecified atom stereocenters. The van der Waals surface area contributed by atoms with Crippen LogP contribution >= 0.6 is 0 Å². The molecule has 4 rings (SSSR count). The fraction of sp³-hybridized carbons (Fsp3) is 0. The molecule has 0 aliphatic rings. The van der Waals surface area contributed by atoms with Crippen molar-refractivity contribution in [1.29, 1.82) is 0 Å². The van der Waals surface area contributed by atoms with Gasteiger partial charge in [-0.1, -0.05) is 54.6 Å². The van der Waals surface area contributed by atoms with Gasteiger partial charge in [-0.15, -0.1) is 0 Å². The summed E-state index contributed by atoms with van der Waals surface area (Å²) < 4.78 is 39.6. The molecule has 0 spiro atoms. The highest BCUT2D eigenvalue weighted by Gasteiger charge is 2.27. The van der Waals surface area contributed by atoms with Gasteiger partial charge in [-0.3, -0.25) is 4.94 Å². The maximum Gasteiger partial charge on any atom is 0.211 e. The van der Waals surface area contributed by atoms with Crippen molar-refractivity contribution in [2.45, 2.75) is 9.79 Å². The minimum absolute atomic E-state index is 0.0524. The third-order valence-electron chi connectivity index (χ3n) is 4.26. The van der Waals surface area contributed by atoms with Gasteiger partial charge in [0, 0.05) is 15.5 Å². The number of sulfone groups is 1. The van der Waals surface area contributed by atoms with Gasteiger partial charge in [0.2, 0.25) is 9.84 Å². The summed E-state index contributed by atoms with van der Waals surface area (Å²) in [6.07, 6.45) is 0. The van der Waals surface area contributed by atoms with Crippen molar-refractivity contribution in [3.63, 3.8) is 0 Å². The van der Waals surface area contributed by atoms with Crippen molar-refractivity contribution < 1.29 is 17.9 Å². The number of para-hydroxylation sites is 1. The molecule has 1 aromatic heterocycles. The van der Waals surface area contributed by atoms with Crippen molar-refractivity contribution in [3.05, 3.63) is 84.9 Å². The van der Waals surface area contributed by atoms with E-state index in [4.69, 9.17) is 0 Å². The van der Waals surface area contributed by atoms with Crippen LogP contribution in [0.5, 0.6) is 5.75 Å². The Morgan fingerprint density at radius 2 is 1.52 bits per heavy atom. The van der Waals surface area contributed by atoms with Crippen LogP contribution in [0, 0.1) is 0 Å². The van der Waals surface area contributed by atoms with Crippen molar-refractivity contribution in [3.8, 4) is 17.0 Å². The number of hydrogen-bond donors (Lipinski definition) is 0. The second-order valence-corrected chi connectivity index (χ2v) is 7.80. The summed E-state index contributed by atoms with van der Waals surface area (Å²) >= 11 is 0. The predicted molar refractivity (Wildman–Crippen MR) is 101 cm³/mol. The highest BCUT2D eigenvalue weighted by atomic mass is 32.2. The molecular formula is C21H14FNO3S. The molecule has 3 aromatic carbocycles. The third kappa shape index (κ3) is 3.04. The number of halogens is 1. The highest BCUT2D eigenvalue weighted by Crippen LogP contribution is 2.38. The molecule has 0 radical (unpaired) electrons. The van der Waals surface area contributed by atoms with Crippen molar-refractivity contribution in [2.75, 3.05) is 0 Å². The molecule has 0 bridgehead atoms. The van der Waals surface area contributed by atoms with Gasteiger partial charge < -0.3 is 0 Å². The van der Waals surface area contributed by atoms with Crippen molar-refractivity contribution in [1.82, 2.24) is 4.98 Å². The van der Waals surface area contributed by atoms with E-state index in [0.717, 1.165) is 5.39 Å². The second kappa shape index (κ2) is 6.81. The van der Waals surface area contributed by atoms with Crippen LogP contribution in [-0.4, -0.2) is 13.4 Å². The average molecular weight is 379 g/mol. The predicted octanol–water partition coefficient (Wildman–Crippen LogP) is 5.00. The molecule has 0 saturated carbocycles. The molecule has 27 heavy (non-hydrogen) atoms. The molecule has 0 saturated heterocycles. The van der Waals surface area contributed by atoms with E-state index in [-0.39, 0.29) is 21.1 Å². The first-order valence-corrected chi connectivity index (χ1v) is 9.67. The van der Waals surface area contributed by atoms with Crippen molar-refractivity contribution >= 4 is 20.7 Å². The lowest BCUT2D eigenvalue weighted by molar-refractivity contribution is -0.00970. The lowest BCUT2D eigenvalue weighted by Crippen LogP contribution is -2.06. The van der Waals surface area contributed by atoms with E-state index in [1.54, 1.807) is 30.3 Å². The molecule has 1 heterocycles. The highest BCUT2D eigenvalue weighted by molar-refractivity contribution is 7.91. The zero-order valence-corrected chi connectivity index (χ0v) is 14.9. The molecule has 0 aliphatic carbocycles. The summed E-state index contributed by atoms with van der Waals surface area (Å²) in [4.78, 5) is 8.25. The normalized spacial score (nSPS) is 11.4. The summed E-state index contributed by atoms with van der Waals surface area (Å²) in [5.74, 6) is -0.369. The third-order valence-corrected chi connectivity index (χ3v) is 6.11. The standard InChI is InChI=1S/C21H14FNO3S/c22-26-20-12-6-10-17(19-14-13-15-7-4-5-11-18(15)23-19)21(20)27(24,25)16-8-2-1-3-9-16/h1-14H. The fourth-order valence-corrected chi connectivity index (χ4v) is 4.57. The average Bonchev–Trinajstić information content (AvgIpc) is 2.73. The molecule has 0 atom stereocenters.